The van der Waals surface area contributed by atoms with Crippen molar-refractivity contribution < 1.29 is 0 Å². The van der Waals surface area contributed by atoms with E-state index in [9.17, 15) is 0 Å². The van der Waals surface area contributed by atoms with Gasteiger partial charge in [-0.2, -0.15) is 0 Å². The fourth-order valence-electron chi connectivity index (χ4n) is 6.16. The largest absolute Gasteiger partial charge is 0.0622 e. The third-order valence-electron chi connectivity index (χ3n) is 6.93. The van der Waals surface area contributed by atoms with Crippen LogP contribution in [0.1, 0.15) is 59.8 Å². The molecule has 0 heteroatoms. The first-order chi connectivity index (χ1) is 7.01. The SMILES string of the molecule is CC1CC2(C)CCC3C(C)CCC32C1C. The van der Waals surface area contributed by atoms with E-state index < -0.39 is 0 Å². The summed E-state index contributed by atoms with van der Waals surface area (Å²) in [6.07, 6.45) is 7.63. The molecule has 0 aliphatic heterocycles. The van der Waals surface area contributed by atoms with Crippen LogP contribution in [0.2, 0.25) is 0 Å². The molecule has 0 amide bonds. The van der Waals surface area contributed by atoms with Crippen molar-refractivity contribution in [1.82, 2.24) is 0 Å². The Morgan fingerprint density at radius 2 is 1.67 bits per heavy atom. The lowest BCUT2D eigenvalue weighted by Gasteiger charge is -2.42. The van der Waals surface area contributed by atoms with E-state index >= 15 is 0 Å². The van der Waals surface area contributed by atoms with Crippen LogP contribution in [0.15, 0.2) is 0 Å². The predicted octanol–water partition coefficient (Wildman–Crippen LogP) is 4.49. The lowest BCUT2D eigenvalue weighted by molar-refractivity contribution is 0.0548. The van der Waals surface area contributed by atoms with Gasteiger partial charge in [0, 0.05) is 0 Å². The van der Waals surface area contributed by atoms with Crippen LogP contribution in [0.3, 0.4) is 0 Å². The summed E-state index contributed by atoms with van der Waals surface area (Å²) in [5, 5.41) is 0. The Kier molecular flexibility index (Phi) is 1.91. The van der Waals surface area contributed by atoms with Crippen molar-refractivity contribution in [2.45, 2.75) is 59.8 Å². The average molecular weight is 206 g/mol. The van der Waals surface area contributed by atoms with Gasteiger partial charge in [0.1, 0.15) is 0 Å². The van der Waals surface area contributed by atoms with Gasteiger partial charge in [-0.05, 0) is 66.6 Å². The maximum Gasteiger partial charge on any atom is -0.0184 e. The number of hydrogen-bond acceptors (Lipinski definition) is 0. The Morgan fingerprint density at radius 1 is 0.933 bits per heavy atom. The maximum absolute atomic E-state index is 2.62. The van der Waals surface area contributed by atoms with Gasteiger partial charge in [0.05, 0.1) is 0 Å². The van der Waals surface area contributed by atoms with Crippen LogP contribution in [0.5, 0.6) is 0 Å². The molecule has 0 aromatic carbocycles. The summed E-state index contributed by atoms with van der Waals surface area (Å²) in [7, 11) is 0. The van der Waals surface area contributed by atoms with Gasteiger partial charge in [-0.1, -0.05) is 27.7 Å². The minimum atomic E-state index is 0.710. The molecule has 3 rings (SSSR count). The minimum Gasteiger partial charge on any atom is -0.0622 e. The first kappa shape index (κ1) is 10.2. The smallest absolute Gasteiger partial charge is 0.0184 e. The molecule has 3 aliphatic rings. The maximum atomic E-state index is 2.62. The van der Waals surface area contributed by atoms with Gasteiger partial charge in [-0.3, -0.25) is 0 Å². The fourth-order valence-corrected chi connectivity index (χ4v) is 6.16. The van der Waals surface area contributed by atoms with Crippen molar-refractivity contribution >= 4 is 0 Å². The molecule has 15 heavy (non-hydrogen) atoms. The standard InChI is InChI=1S/C15H26/c1-10-5-8-15-12(3)11(2)9-14(15,4)7-6-13(10)15/h10-13H,5-9H2,1-4H3. The van der Waals surface area contributed by atoms with E-state index in [1.54, 1.807) is 6.42 Å². The average Bonchev–Trinajstić information content (AvgIpc) is 2.70. The molecule has 3 aliphatic carbocycles. The van der Waals surface area contributed by atoms with Crippen molar-refractivity contribution in [3.8, 4) is 0 Å². The lowest BCUT2D eigenvalue weighted by Crippen LogP contribution is -2.37. The molecule has 3 saturated carbocycles. The summed E-state index contributed by atoms with van der Waals surface area (Å²) < 4.78 is 0. The highest BCUT2D eigenvalue weighted by molar-refractivity contribution is 5.16. The second-order valence-electron chi connectivity index (χ2n) is 7.23. The molecule has 6 atom stereocenters. The van der Waals surface area contributed by atoms with Gasteiger partial charge in [0.25, 0.3) is 0 Å². The van der Waals surface area contributed by atoms with Crippen LogP contribution in [0.4, 0.5) is 0 Å². The Hall–Kier alpha value is 0. The summed E-state index contributed by atoms with van der Waals surface area (Å²) >= 11 is 0. The third kappa shape index (κ3) is 0.953. The van der Waals surface area contributed by atoms with E-state index in [4.69, 9.17) is 0 Å². The highest BCUT2D eigenvalue weighted by Crippen LogP contribution is 2.75. The molecule has 0 nitrogen and oxygen atoms in total. The van der Waals surface area contributed by atoms with Gasteiger partial charge in [0.15, 0.2) is 0 Å². The third-order valence-corrected chi connectivity index (χ3v) is 6.93. The number of hydrogen-bond donors (Lipinski definition) is 0. The second-order valence-corrected chi connectivity index (χ2v) is 7.23. The van der Waals surface area contributed by atoms with Crippen LogP contribution in [0, 0.1) is 34.5 Å². The summed E-state index contributed by atoms with van der Waals surface area (Å²) in [5.74, 6) is 4.05. The van der Waals surface area contributed by atoms with Gasteiger partial charge in [-0.25, -0.2) is 0 Å². The zero-order chi connectivity index (χ0) is 10.8. The minimum absolute atomic E-state index is 0.710. The van der Waals surface area contributed by atoms with Crippen molar-refractivity contribution in [1.29, 1.82) is 0 Å². The first-order valence-corrected chi connectivity index (χ1v) is 7.01. The molecular formula is C15H26. The van der Waals surface area contributed by atoms with Crippen LogP contribution in [-0.4, -0.2) is 0 Å². The normalized spacial score (nSPS) is 63.2. The van der Waals surface area contributed by atoms with E-state index in [-0.39, 0.29) is 0 Å². The van der Waals surface area contributed by atoms with E-state index in [1.165, 1.54) is 25.7 Å². The summed E-state index contributed by atoms with van der Waals surface area (Å²) in [4.78, 5) is 0. The second kappa shape index (κ2) is 2.81. The van der Waals surface area contributed by atoms with Crippen molar-refractivity contribution in [3.05, 3.63) is 0 Å². The Bertz CT molecular complexity index is 282. The van der Waals surface area contributed by atoms with Crippen LogP contribution in [-0.2, 0) is 0 Å². The molecular weight excluding hydrogens is 180 g/mol. The first-order valence-electron chi connectivity index (χ1n) is 7.01. The molecule has 1 spiro atoms. The summed E-state index contributed by atoms with van der Waals surface area (Å²) in [6.45, 7) is 10.2. The Labute approximate surface area is 94.8 Å². The molecule has 86 valence electrons. The molecule has 0 saturated heterocycles. The van der Waals surface area contributed by atoms with Gasteiger partial charge in [-0.15, -0.1) is 0 Å². The Morgan fingerprint density at radius 3 is 2.40 bits per heavy atom. The van der Waals surface area contributed by atoms with Gasteiger partial charge in [0.2, 0.25) is 0 Å². The fraction of sp³-hybridized carbons (Fsp3) is 1.00. The van der Waals surface area contributed by atoms with Crippen LogP contribution >= 0.6 is 0 Å². The predicted molar refractivity (Wildman–Crippen MR) is 64.6 cm³/mol. The van der Waals surface area contributed by atoms with Gasteiger partial charge < -0.3 is 0 Å². The monoisotopic (exact) mass is 206 g/mol. The molecule has 0 bridgehead atoms. The summed E-state index contributed by atoms with van der Waals surface area (Å²) in [5.41, 5.74) is 1.47. The summed E-state index contributed by atoms with van der Waals surface area (Å²) in [6, 6.07) is 0. The van der Waals surface area contributed by atoms with E-state index in [2.05, 4.69) is 27.7 Å². The van der Waals surface area contributed by atoms with Crippen molar-refractivity contribution in [2.24, 2.45) is 34.5 Å². The zero-order valence-corrected chi connectivity index (χ0v) is 10.8. The highest BCUT2D eigenvalue weighted by Gasteiger charge is 2.67. The molecule has 3 fully saturated rings. The molecule has 0 heterocycles. The van der Waals surface area contributed by atoms with Crippen LogP contribution in [0.25, 0.3) is 0 Å². The van der Waals surface area contributed by atoms with E-state index in [0.29, 0.717) is 5.41 Å². The quantitative estimate of drug-likeness (QED) is 0.547. The van der Waals surface area contributed by atoms with E-state index in [1.807, 2.05) is 0 Å². The molecule has 0 N–H and O–H groups in total. The van der Waals surface area contributed by atoms with Crippen molar-refractivity contribution in [2.75, 3.05) is 0 Å². The topological polar surface area (TPSA) is 0 Å². The molecule has 0 radical (unpaired) electrons. The lowest BCUT2D eigenvalue weighted by atomic mass is 9.62. The number of rotatable bonds is 0. The molecule has 0 aromatic heterocycles. The van der Waals surface area contributed by atoms with Crippen LogP contribution < -0.4 is 0 Å². The van der Waals surface area contributed by atoms with E-state index in [0.717, 1.165) is 29.1 Å². The highest BCUT2D eigenvalue weighted by atomic mass is 14.7. The van der Waals surface area contributed by atoms with Crippen molar-refractivity contribution in [3.63, 3.8) is 0 Å². The Balaban J connectivity index is 2.07. The zero-order valence-electron chi connectivity index (χ0n) is 10.8. The molecule has 0 aromatic rings. The van der Waals surface area contributed by atoms with Gasteiger partial charge >= 0.3 is 0 Å². The molecule has 6 unspecified atom stereocenters.